The highest BCUT2D eigenvalue weighted by Crippen LogP contribution is 2.11. The van der Waals surface area contributed by atoms with E-state index in [9.17, 15) is 0 Å². The van der Waals surface area contributed by atoms with Gasteiger partial charge < -0.3 is 9.22 Å². The Hall–Kier alpha value is -0.0800. The Morgan fingerprint density at radius 3 is 1.35 bits per heavy atom. The third kappa shape index (κ3) is 21.9. The van der Waals surface area contributed by atoms with E-state index < -0.39 is 0 Å². The Morgan fingerprint density at radius 2 is 0.913 bits per heavy atom. The topological polar surface area (TPSA) is 9.23 Å². The van der Waals surface area contributed by atoms with E-state index in [4.69, 9.17) is 4.74 Å². The van der Waals surface area contributed by atoms with Crippen molar-refractivity contribution in [3.05, 3.63) is 0 Å². The minimum atomic E-state index is 0.956. The Labute approximate surface area is 147 Å². The number of unbranched alkanes of at least 4 members (excludes halogenated alkanes) is 12. The molecule has 0 amide bonds. The monoisotopic (exact) mass is 328 g/mol. The number of rotatable bonds is 18. The van der Waals surface area contributed by atoms with Gasteiger partial charge in [0.05, 0.1) is 27.7 Å². The van der Waals surface area contributed by atoms with Crippen LogP contribution in [0, 0.1) is 0 Å². The van der Waals surface area contributed by atoms with Crippen molar-refractivity contribution in [1.82, 2.24) is 0 Å². The first kappa shape index (κ1) is 22.9. The molecule has 0 radical (unpaired) electrons. The van der Waals surface area contributed by atoms with Crippen LogP contribution in [-0.2, 0) is 4.74 Å². The van der Waals surface area contributed by atoms with Gasteiger partial charge in [0, 0.05) is 13.2 Å². The Morgan fingerprint density at radius 1 is 0.522 bits per heavy atom. The summed E-state index contributed by atoms with van der Waals surface area (Å²) in [5.74, 6) is 0. The van der Waals surface area contributed by atoms with Crippen LogP contribution >= 0.6 is 0 Å². The Balaban J connectivity index is 3.00. The van der Waals surface area contributed by atoms with Crippen LogP contribution < -0.4 is 0 Å². The first-order valence-corrected chi connectivity index (χ1v) is 10.4. The van der Waals surface area contributed by atoms with E-state index in [1.807, 2.05) is 0 Å². The van der Waals surface area contributed by atoms with E-state index >= 15 is 0 Å². The second-order valence-corrected chi connectivity index (χ2v) is 8.22. The fraction of sp³-hybridized carbons (Fsp3) is 1.00. The average Bonchev–Trinajstić information content (AvgIpc) is 2.49. The van der Waals surface area contributed by atoms with Gasteiger partial charge in [0.2, 0.25) is 0 Å². The third-order valence-electron chi connectivity index (χ3n) is 4.51. The number of hydrogen-bond acceptors (Lipinski definition) is 1. The van der Waals surface area contributed by atoms with Crippen molar-refractivity contribution < 1.29 is 9.22 Å². The highest BCUT2D eigenvalue weighted by molar-refractivity contribution is 4.48. The quantitative estimate of drug-likeness (QED) is 0.215. The largest absolute Gasteiger partial charge is 0.381 e. The molecule has 23 heavy (non-hydrogen) atoms. The molecule has 0 saturated carbocycles. The highest BCUT2D eigenvalue weighted by Gasteiger charge is 2.05. The molecule has 0 aliphatic rings. The highest BCUT2D eigenvalue weighted by atomic mass is 16.5. The molecule has 0 bridgehead atoms. The molecule has 2 nitrogen and oxygen atoms in total. The predicted molar refractivity (Wildman–Crippen MR) is 104 cm³/mol. The number of nitrogens with zero attached hydrogens (tertiary/aromatic N) is 1. The van der Waals surface area contributed by atoms with Crippen LogP contribution in [0.15, 0.2) is 0 Å². The maximum absolute atomic E-state index is 5.73. The summed E-state index contributed by atoms with van der Waals surface area (Å²) in [6.45, 7) is 5.47. The molecule has 0 rings (SSSR count). The van der Waals surface area contributed by atoms with Crippen LogP contribution in [-0.4, -0.2) is 45.4 Å². The van der Waals surface area contributed by atoms with Crippen molar-refractivity contribution in [2.75, 3.05) is 40.9 Å². The van der Waals surface area contributed by atoms with Gasteiger partial charge in [0.15, 0.2) is 0 Å². The van der Waals surface area contributed by atoms with Gasteiger partial charge in [0.1, 0.15) is 0 Å². The van der Waals surface area contributed by atoms with Crippen molar-refractivity contribution in [2.45, 2.75) is 96.8 Å². The van der Waals surface area contributed by atoms with Gasteiger partial charge in [0.25, 0.3) is 0 Å². The lowest BCUT2D eigenvalue weighted by Crippen LogP contribution is -2.35. The molecule has 0 aromatic heterocycles. The van der Waals surface area contributed by atoms with Crippen molar-refractivity contribution >= 4 is 0 Å². The summed E-state index contributed by atoms with van der Waals surface area (Å²) in [7, 11) is 6.77. The summed E-state index contributed by atoms with van der Waals surface area (Å²) in [6, 6.07) is 0. The summed E-state index contributed by atoms with van der Waals surface area (Å²) in [5, 5.41) is 0. The summed E-state index contributed by atoms with van der Waals surface area (Å²) >= 11 is 0. The third-order valence-corrected chi connectivity index (χ3v) is 4.51. The number of quaternary nitrogens is 1. The maximum Gasteiger partial charge on any atom is 0.0781 e. The van der Waals surface area contributed by atoms with E-state index in [0.29, 0.717) is 0 Å². The molecule has 0 aromatic rings. The van der Waals surface area contributed by atoms with Crippen LogP contribution in [0.5, 0.6) is 0 Å². The van der Waals surface area contributed by atoms with Gasteiger partial charge in [-0.15, -0.1) is 0 Å². The lowest BCUT2D eigenvalue weighted by atomic mass is 10.1. The Bertz CT molecular complexity index is 222. The van der Waals surface area contributed by atoms with Crippen molar-refractivity contribution in [3.8, 4) is 0 Å². The average molecular weight is 329 g/mol. The van der Waals surface area contributed by atoms with Gasteiger partial charge >= 0.3 is 0 Å². The van der Waals surface area contributed by atoms with E-state index in [1.54, 1.807) is 0 Å². The molecule has 0 saturated heterocycles. The van der Waals surface area contributed by atoms with Crippen molar-refractivity contribution in [1.29, 1.82) is 0 Å². The van der Waals surface area contributed by atoms with E-state index in [0.717, 1.165) is 17.7 Å². The Kier molecular flexibility index (Phi) is 16.7. The van der Waals surface area contributed by atoms with Gasteiger partial charge in [-0.05, 0) is 19.3 Å². The normalized spacial score (nSPS) is 12.0. The van der Waals surface area contributed by atoms with Crippen LogP contribution in [0.4, 0.5) is 0 Å². The molecule has 0 N–H and O–H groups in total. The van der Waals surface area contributed by atoms with E-state index in [1.165, 1.54) is 96.4 Å². The van der Waals surface area contributed by atoms with Crippen LogP contribution in [0.25, 0.3) is 0 Å². The maximum atomic E-state index is 5.73. The predicted octanol–water partition coefficient (Wildman–Crippen LogP) is 6.19. The zero-order valence-electron chi connectivity index (χ0n) is 16.9. The van der Waals surface area contributed by atoms with Crippen molar-refractivity contribution in [2.24, 2.45) is 0 Å². The zero-order valence-corrected chi connectivity index (χ0v) is 16.9. The molecular weight excluding hydrogens is 282 g/mol. The molecule has 2 heteroatoms. The van der Waals surface area contributed by atoms with E-state index in [2.05, 4.69) is 28.1 Å². The minimum absolute atomic E-state index is 0.956. The summed E-state index contributed by atoms with van der Waals surface area (Å²) in [6.07, 6.45) is 19.5. The fourth-order valence-electron chi connectivity index (χ4n) is 2.94. The van der Waals surface area contributed by atoms with Gasteiger partial charge in [-0.3, -0.25) is 0 Å². The lowest BCUT2D eigenvalue weighted by molar-refractivity contribution is -0.870. The number of ether oxygens (including phenoxy) is 1. The summed E-state index contributed by atoms with van der Waals surface area (Å²) in [5.41, 5.74) is 0. The van der Waals surface area contributed by atoms with Crippen molar-refractivity contribution in [3.63, 3.8) is 0 Å². The fourth-order valence-corrected chi connectivity index (χ4v) is 2.94. The molecule has 0 spiro atoms. The van der Waals surface area contributed by atoms with E-state index in [-0.39, 0.29) is 0 Å². The molecule has 0 aliphatic heterocycles. The second-order valence-electron chi connectivity index (χ2n) is 8.22. The minimum Gasteiger partial charge on any atom is -0.381 e. The first-order valence-electron chi connectivity index (χ1n) is 10.4. The lowest BCUT2D eigenvalue weighted by Gasteiger charge is -2.23. The molecule has 0 atom stereocenters. The molecular formula is C21H46NO+. The molecule has 0 aromatic carbocycles. The molecule has 0 aliphatic carbocycles. The standard InChI is InChI=1S/C21H46NO/c1-5-6-7-8-9-10-11-12-13-14-15-17-20-23-21-18-16-19-22(2,3)4/h5-21H2,1-4H3/q+1. The molecule has 0 fully saturated rings. The van der Waals surface area contributed by atoms with Gasteiger partial charge in [-0.2, -0.15) is 0 Å². The zero-order chi connectivity index (χ0) is 17.2. The number of hydrogen-bond donors (Lipinski definition) is 0. The smallest absolute Gasteiger partial charge is 0.0781 e. The van der Waals surface area contributed by atoms with Crippen LogP contribution in [0.2, 0.25) is 0 Å². The second kappa shape index (κ2) is 16.8. The molecule has 0 heterocycles. The summed E-state index contributed by atoms with van der Waals surface area (Å²) < 4.78 is 6.80. The SMILES string of the molecule is CCCCCCCCCCCCCCOCCCC[N+](C)(C)C. The van der Waals surface area contributed by atoms with Gasteiger partial charge in [-0.1, -0.05) is 77.6 Å². The van der Waals surface area contributed by atoms with Crippen LogP contribution in [0.1, 0.15) is 96.8 Å². The molecule has 0 unspecified atom stereocenters. The molecule has 140 valence electrons. The summed E-state index contributed by atoms with van der Waals surface area (Å²) in [4.78, 5) is 0. The van der Waals surface area contributed by atoms with Crippen LogP contribution in [0.3, 0.4) is 0 Å². The first-order chi connectivity index (χ1) is 11.1. The van der Waals surface area contributed by atoms with Gasteiger partial charge in [-0.25, -0.2) is 0 Å².